The van der Waals surface area contributed by atoms with Gasteiger partial charge in [0.05, 0.1) is 25.8 Å². The lowest BCUT2D eigenvalue weighted by atomic mass is 9.86. The summed E-state index contributed by atoms with van der Waals surface area (Å²) in [6.07, 6.45) is 6.66. The van der Waals surface area contributed by atoms with Crippen LogP contribution in [0, 0.1) is 5.82 Å². The Balaban J connectivity index is 1.03. The van der Waals surface area contributed by atoms with Crippen molar-refractivity contribution in [2.24, 2.45) is 0 Å². The van der Waals surface area contributed by atoms with Crippen LogP contribution in [0.15, 0.2) is 29.0 Å². The van der Waals surface area contributed by atoms with Crippen LogP contribution in [0.3, 0.4) is 0 Å². The molecule has 0 N–H and O–H groups in total. The molecule has 4 aliphatic heterocycles. The molecule has 33 heavy (non-hydrogen) atoms. The van der Waals surface area contributed by atoms with Crippen molar-refractivity contribution in [3.8, 4) is 5.75 Å². The van der Waals surface area contributed by atoms with E-state index in [4.69, 9.17) is 18.6 Å². The van der Waals surface area contributed by atoms with Crippen molar-refractivity contribution in [3.63, 3.8) is 0 Å². The van der Waals surface area contributed by atoms with Gasteiger partial charge in [0.2, 0.25) is 6.39 Å². The van der Waals surface area contributed by atoms with E-state index in [1.807, 2.05) is 0 Å². The minimum atomic E-state index is -0.196. The molecule has 4 aliphatic rings. The normalized spacial score (nSPS) is 27.8. The lowest BCUT2D eigenvalue weighted by Crippen LogP contribution is -2.62. The van der Waals surface area contributed by atoms with Crippen molar-refractivity contribution >= 4 is 6.01 Å². The molecule has 1 aromatic heterocycles. The Labute approximate surface area is 193 Å². The highest BCUT2D eigenvalue weighted by atomic mass is 19.1. The Bertz CT molecular complexity index is 938. The summed E-state index contributed by atoms with van der Waals surface area (Å²) < 4.78 is 37.4. The maximum atomic E-state index is 14.1. The summed E-state index contributed by atoms with van der Waals surface area (Å²) in [4.78, 5) is 4.62. The summed E-state index contributed by atoms with van der Waals surface area (Å²) in [5, 5.41) is 7.74. The average molecular weight is 459 g/mol. The van der Waals surface area contributed by atoms with Gasteiger partial charge < -0.3 is 23.5 Å². The van der Waals surface area contributed by atoms with Gasteiger partial charge in [-0.1, -0.05) is 5.10 Å². The Morgan fingerprint density at radius 2 is 2.06 bits per heavy atom. The van der Waals surface area contributed by atoms with E-state index in [1.54, 1.807) is 12.1 Å². The minimum Gasteiger partial charge on any atom is -0.491 e. The summed E-state index contributed by atoms with van der Waals surface area (Å²) in [5.74, 6) is 0.923. The van der Waals surface area contributed by atoms with E-state index in [0.29, 0.717) is 24.6 Å². The van der Waals surface area contributed by atoms with Gasteiger partial charge in [0, 0.05) is 18.2 Å². The molecular weight excluding hydrogens is 427 g/mol. The number of hydrogen-bond donors (Lipinski definition) is 0. The number of likely N-dealkylation sites (tertiary alicyclic amines) is 1. The van der Waals surface area contributed by atoms with Gasteiger partial charge in [-0.05, 0) is 69.3 Å². The van der Waals surface area contributed by atoms with E-state index in [-0.39, 0.29) is 17.5 Å². The summed E-state index contributed by atoms with van der Waals surface area (Å²) in [6.45, 7) is 5.70. The molecule has 1 spiro atoms. The first kappa shape index (κ1) is 21.3. The first-order valence-electron chi connectivity index (χ1n) is 12.1. The molecule has 0 radical (unpaired) electrons. The van der Waals surface area contributed by atoms with Gasteiger partial charge in [0.25, 0.3) is 0 Å². The third-order valence-corrected chi connectivity index (χ3v) is 7.67. The molecule has 0 saturated carbocycles. The number of halogens is 1. The molecule has 4 fully saturated rings. The zero-order chi connectivity index (χ0) is 22.3. The minimum absolute atomic E-state index is 0.0954. The number of anilines is 1. The smallest absolute Gasteiger partial charge is 0.318 e. The molecule has 0 aliphatic carbocycles. The van der Waals surface area contributed by atoms with Gasteiger partial charge in [0.15, 0.2) is 0 Å². The van der Waals surface area contributed by atoms with Crippen LogP contribution < -0.4 is 9.64 Å². The van der Waals surface area contributed by atoms with Gasteiger partial charge >= 0.3 is 6.01 Å². The SMILES string of the molecule is Fc1ccc(OC[C@H]2CCCO2)c(C2CCN([C@@H]3COC4(C3)CN(c3nnco3)C4)CC2)c1. The van der Waals surface area contributed by atoms with Crippen LogP contribution in [0.2, 0.25) is 0 Å². The third-order valence-electron chi connectivity index (χ3n) is 7.67. The molecule has 6 rings (SSSR count). The van der Waals surface area contributed by atoms with E-state index in [1.165, 1.54) is 12.5 Å². The molecule has 2 aromatic rings. The number of aromatic nitrogens is 2. The first-order chi connectivity index (χ1) is 16.2. The van der Waals surface area contributed by atoms with Crippen molar-refractivity contribution in [2.45, 2.75) is 55.8 Å². The highest BCUT2D eigenvalue weighted by Gasteiger charge is 2.52. The van der Waals surface area contributed by atoms with Crippen LogP contribution in [0.5, 0.6) is 5.75 Å². The van der Waals surface area contributed by atoms with Crippen molar-refractivity contribution in [2.75, 3.05) is 50.9 Å². The number of nitrogens with zero attached hydrogens (tertiary/aromatic N) is 4. The second kappa shape index (κ2) is 8.85. The van der Waals surface area contributed by atoms with Crippen LogP contribution in [-0.2, 0) is 9.47 Å². The maximum Gasteiger partial charge on any atom is 0.318 e. The second-order valence-electron chi connectivity index (χ2n) is 9.87. The summed E-state index contributed by atoms with van der Waals surface area (Å²) in [5.41, 5.74) is 0.906. The Morgan fingerprint density at radius 3 is 2.82 bits per heavy atom. The maximum absolute atomic E-state index is 14.1. The Hall–Kier alpha value is -2.23. The number of benzene rings is 1. The van der Waals surface area contributed by atoms with Crippen LogP contribution in [-0.4, -0.2) is 78.8 Å². The highest BCUT2D eigenvalue weighted by molar-refractivity contribution is 5.37. The molecule has 178 valence electrons. The zero-order valence-corrected chi connectivity index (χ0v) is 18.8. The van der Waals surface area contributed by atoms with Gasteiger partial charge in [-0.3, -0.25) is 4.90 Å². The summed E-state index contributed by atoms with van der Waals surface area (Å²) in [7, 11) is 0. The predicted octanol–water partition coefficient (Wildman–Crippen LogP) is 2.99. The first-order valence-corrected chi connectivity index (χ1v) is 12.1. The molecular formula is C24H31FN4O4. The highest BCUT2D eigenvalue weighted by Crippen LogP contribution is 2.41. The van der Waals surface area contributed by atoms with E-state index in [9.17, 15) is 4.39 Å². The molecule has 8 nitrogen and oxygen atoms in total. The summed E-state index contributed by atoms with van der Waals surface area (Å²) >= 11 is 0. The van der Waals surface area contributed by atoms with Crippen LogP contribution >= 0.6 is 0 Å². The molecule has 0 bridgehead atoms. The number of piperidine rings is 1. The standard InChI is InChI=1S/C24H31FN4O4/c25-18-3-4-22(31-13-20-2-1-9-30-20)21(10-18)17-5-7-28(8-6-17)19-11-24(33-12-19)14-29(15-24)23-27-26-16-32-23/h3-4,10,16-17,19-20H,1-2,5-9,11-15H2/t19-,20+/m0/s1. The van der Waals surface area contributed by atoms with E-state index in [2.05, 4.69) is 20.0 Å². The molecule has 9 heteroatoms. The largest absolute Gasteiger partial charge is 0.491 e. The average Bonchev–Trinajstić information content (AvgIpc) is 3.59. The molecule has 1 aromatic carbocycles. The molecule has 4 saturated heterocycles. The van der Waals surface area contributed by atoms with Crippen LogP contribution in [0.25, 0.3) is 0 Å². The second-order valence-corrected chi connectivity index (χ2v) is 9.87. The van der Waals surface area contributed by atoms with Crippen molar-refractivity contribution in [3.05, 3.63) is 36.0 Å². The molecule has 0 unspecified atom stereocenters. The number of rotatable bonds is 6. The topological polar surface area (TPSA) is 73.1 Å². The fourth-order valence-electron chi connectivity index (χ4n) is 5.87. The molecule has 2 atom stereocenters. The van der Waals surface area contributed by atoms with Crippen molar-refractivity contribution in [1.82, 2.24) is 15.1 Å². The van der Waals surface area contributed by atoms with Gasteiger partial charge in [-0.2, -0.15) is 0 Å². The third kappa shape index (κ3) is 4.34. The molecule has 0 amide bonds. The predicted molar refractivity (Wildman–Crippen MR) is 118 cm³/mol. The zero-order valence-electron chi connectivity index (χ0n) is 18.8. The van der Waals surface area contributed by atoms with Crippen LogP contribution in [0.1, 0.15) is 43.6 Å². The van der Waals surface area contributed by atoms with Gasteiger partial charge in [-0.25, -0.2) is 4.39 Å². The van der Waals surface area contributed by atoms with Gasteiger partial charge in [-0.15, -0.1) is 5.10 Å². The fraction of sp³-hybridized carbons (Fsp3) is 0.667. The van der Waals surface area contributed by atoms with Gasteiger partial charge in [0.1, 0.15) is 23.8 Å². The fourth-order valence-corrected chi connectivity index (χ4v) is 5.87. The quantitative estimate of drug-likeness (QED) is 0.654. The lowest BCUT2D eigenvalue weighted by molar-refractivity contribution is -0.0216. The Kier molecular flexibility index (Phi) is 5.72. The Morgan fingerprint density at radius 1 is 1.18 bits per heavy atom. The summed E-state index contributed by atoms with van der Waals surface area (Å²) in [6, 6.07) is 5.94. The van der Waals surface area contributed by atoms with E-state index in [0.717, 1.165) is 82.8 Å². The van der Waals surface area contributed by atoms with E-state index >= 15 is 0 Å². The van der Waals surface area contributed by atoms with E-state index < -0.39 is 0 Å². The number of hydrogen-bond acceptors (Lipinski definition) is 8. The lowest BCUT2D eigenvalue weighted by Gasteiger charge is -2.46. The van der Waals surface area contributed by atoms with Crippen LogP contribution in [0.4, 0.5) is 10.4 Å². The monoisotopic (exact) mass is 458 g/mol. The molecule has 5 heterocycles. The van der Waals surface area contributed by atoms with Crippen molar-refractivity contribution < 1.29 is 23.0 Å². The van der Waals surface area contributed by atoms with Crippen molar-refractivity contribution in [1.29, 1.82) is 0 Å². The number of ether oxygens (including phenoxy) is 3.